The topological polar surface area (TPSA) is 57.7 Å². The van der Waals surface area contributed by atoms with Crippen molar-refractivity contribution in [3.8, 4) is 0 Å². The molecule has 1 aromatic carbocycles. The minimum absolute atomic E-state index is 0.0375. The number of nitrogens with zero attached hydrogens (tertiary/aromatic N) is 2. The van der Waals surface area contributed by atoms with Crippen molar-refractivity contribution < 1.29 is 22.0 Å². The van der Waals surface area contributed by atoms with Crippen molar-refractivity contribution in [3.05, 3.63) is 28.7 Å². The van der Waals surface area contributed by atoms with Gasteiger partial charge in [0.15, 0.2) is 0 Å². The van der Waals surface area contributed by atoms with Crippen molar-refractivity contribution in [2.24, 2.45) is 5.92 Å². The Bertz CT molecular complexity index is 733. The SMILES string of the molecule is O=C(C1CCN(S(=O)(=O)c2cccc(Br)c2)C1)N1CC(F)(F)C1. The Balaban J connectivity index is 1.69. The van der Waals surface area contributed by atoms with Crippen molar-refractivity contribution in [1.82, 2.24) is 9.21 Å². The summed E-state index contributed by atoms with van der Waals surface area (Å²) < 4.78 is 52.7. The van der Waals surface area contributed by atoms with Gasteiger partial charge in [-0.2, -0.15) is 4.31 Å². The lowest BCUT2D eigenvalue weighted by Gasteiger charge is -2.40. The summed E-state index contributed by atoms with van der Waals surface area (Å²) in [6.07, 6.45) is 0.355. The molecule has 2 heterocycles. The molecule has 3 rings (SSSR count). The van der Waals surface area contributed by atoms with Gasteiger partial charge in [-0.3, -0.25) is 4.79 Å². The smallest absolute Gasteiger partial charge is 0.282 e. The van der Waals surface area contributed by atoms with E-state index in [4.69, 9.17) is 0 Å². The van der Waals surface area contributed by atoms with Gasteiger partial charge in [0.2, 0.25) is 15.9 Å². The molecule has 2 saturated heterocycles. The third-order valence-electron chi connectivity index (χ3n) is 4.09. The lowest BCUT2D eigenvalue weighted by Crippen LogP contribution is -2.59. The summed E-state index contributed by atoms with van der Waals surface area (Å²) in [5.41, 5.74) is 0. The van der Waals surface area contributed by atoms with E-state index in [1.54, 1.807) is 12.1 Å². The number of halogens is 3. The second-order valence-corrected chi connectivity index (χ2v) is 8.71. The molecule has 2 aliphatic heterocycles. The molecule has 0 aromatic heterocycles. The number of benzene rings is 1. The fourth-order valence-electron chi connectivity index (χ4n) is 2.85. The Morgan fingerprint density at radius 1 is 1.30 bits per heavy atom. The first-order valence-corrected chi connectivity index (χ1v) is 9.35. The van der Waals surface area contributed by atoms with E-state index < -0.39 is 35.0 Å². The normalized spacial score (nSPS) is 24.5. The van der Waals surface area contributed by atoms with Crippen LogP contribution in [0.4, 0.5) is 8.78 Å². The van der Waals surface area contributed by atoms with Gasteiger partial charge in [-0.15, -0.1) is 0 Å². The number of alkyl halides is 2. The van der Waals surface area contributed by atoms with Gasteiger partial charge in [-0.25, -0.2) is 17.2 Å². The molecule has 0 aliphatic carbocycles. The van der Waals surface area contributed by atoms with Crippen molar-refractivity contribution >= 4 is 31.9 Å². The predicted molar refractivity (Wildman–Crippen MR) is 82.5 cm³/mol. The van der Waals surface area contributed by atoms with Crippen LogP contribution in [-0.2, 0) is 14.8 Å². The molecule has 1 amide bonds. The van der Waals surface area contributed by atoms with Crippen molar-refractivity contribution in [2.75, 3.05) is 26.2 Å². The molecule has 1 unspecified atom stereocenters. The van der Waals surface area contributed by atoms with E-state index in [-0.39, 0.29) is 23.9 Å². The molecule has 126 valence electrons. The molecule has 0 spiro atoms. The van der Waals surface area contributed by atoms with E-state index in [1.807, 2.05) is 0 Å². The monoisotopic (exact) mass is 408 g/mol. The molecule has 2 aliphatic rings. The first kappa shape index (κ1) is 16.8. The number of hydrogen-bond acceptors (Lipinski definition) is 3. The number of amides is 1. The van der Waals surface area contributed by atoms with Crippen LogP contribution in [0.3, 0.4) is 0 Å². The minimum atomic E-state index is -3.68. The number of likely N-dealkylation sites (tertiary alicyclic amines) is 1. The van der Waals surface area contributed by atoms with Crippen LogP contribution in [-0.4, -0.2) is 55.6 Å². The summed E-state index contributed by atoms with van der Waals surface area (Å²) in [6.45, 7) is -0.882. The van der Waals surface area contributed by atoms with E-state index in [9.17, 15) is 22.0 Å². The molecule has 0 N–H and O–H groups in total. The maximum Gasteiger partial charge on any atom is 0.282 e. The summed E-state index contributed by atoms with van der Waals surface area (Å²) in [6, 6.07) is 6.34. The molecule has 5 nitrogen and oxygen atoms in total. The minimum Gasteiger partial charge on any atom is -0.330 e. The molecule has 0 bridgehead atoms. The Kier molecular flexibility index (Phi) is 4.22. The molecule has 0 saturated carbocycles. The summed E-state index contributed by atoms with van der Waals surface area (Å²) in [4.78, 5) is 13.4. The molecule has 1 atom stereocenters. The average Bonchev–Trinajstić information content (AvgIpc) is 2.94. The first-order valence-electron chi connectivity index (χ1n) is 7.11. The number of carbonyl (C=O) groups is 1. The average molecular weight is 409 g/mol. The maximum absolute atomic E-state index is 12.9. The number of carbonyl (C=O) groups excluding carboxylic acids is 1. The van der Waals surface area contributed by atoms with E-state index in [0.29, 0.717) is 10.9 Å². The Labute approximate surface area is 141 Å². The lowest BCUT2D eigenvalue weighted by molar-refractivity contribution is -0.169. The zero-order chi connectivity index (χ0) is 16.8. The number of hydrogen-bond donors (Lipinski definition) is 0. The second kappa shape index (κ2) is 5.78. The summed E-state index contributed by atoms with van der Waals surface area (Å²) in [7, 11) is -3.68. The Morgan fingerprint density at radius 3 is 2.61 bits per heavy atom. The van der Waals surface area contributed by atoms with Crippen molar-refractivity contribution in [3.63, 3.8) is 0 Å². The van der Waals surface area contributed by atoms with Crippen LogP contribution < -0.4 is 0 Å². The highest BCUT2D eigenvalue weighted by Crippen LogP contribution is 2.31. The van der Waals surface area contributed by atoms with E-state index >= 15 is 0 Å². The van der Waals surface area contributed by atoms with Gasteiger partial charge in [0.05, 0.1) is 23.9 Å². The molecular weight excluding hydrogens is 394 g/mol. The van der Waals surface area contributed by atoms with Crippen molar-refractivity contribution in [1.29, 1.82) is 0 Å². The molecule has 9 heteroatoms. The highest BCUT2D eigenvalue weighted by molar-refractivity contribution is 9.10. The highest BCUT2D eigenvalue weighted by Gasteiger charge is 2.49. The van der Waals surface area contributed by atoms with E-state index in [0.717, 1.165) is 4.90 Å². The molecule has 2 fully saturated rings. The zero-order valence-corrected chi connectivity index (χ0v) is 14.5. The van der Waals surface area contributed by atoms with Crippen LogP contribution in [0, 0.1) is 5.92 Å². The van der Waals surface area contributed by atoms with Gasteiger partial charge < -0.3 is 4.90 Å². The van der Waals surface area contributed by atoms with Crippen molar-refractivity contribution in [2.45, 2.75) is 17.2 Å². The quantitative estimate of drug-likeness (QED) is 0.767. The fourth-order valence-corrected chi connectivity index (χ4v) is 4.95. The van der Waals surface area contributed by atoms with Gasteiger partial charge >= 0.3 is 0 Å². The third-order valence-corrected chi connectivity index (χ3v) is 6.44. The summed E-state index contributed by atoms with van der Waals surface area (Å²) in [5.74, 6) is -3.74. The van der Waals surface area contributed by atoms with Crippen LogP contribution in [0.15, 0.2) is 33.6 Å². The highest BCUT2D eigenvalue weighted by atomic mass is 79.9. The van der Waals surface area contributed by atoms with Crippen LogP contribution in [0.25, 0.3) is 0 Å². The lowest BCUT2D eigenvalue weighted by atomic mass is 10.0. The Hall–Kier alpha value is -1.06. The van der Waals surface area contributed by atoms with Crippen LogP contribution in [0.2, 0.25) is 0 Å². The number of rotatable bonds is 3. The fraction of sp³-hybridized carbons (Fsp3) is 0.500. The zero-order valence-electron chi connectivity index (χ0n) is 12.1. The van der Waals surface area contributed by atoms with Gasteiger partial charge in [0, 0.05) is 17.6 Å². The third kappa shape index (κ3) is 3.27. The van der Waals surface area contributed by atoms with Crippen LogP contribution >= 0.6 is 15.9 Å². The van der Waals surface area contributed by atoms with Crippen LogP contribution in [0.5, 0.6) is 0 Å². The van der Waals surface area contributed by atoms with Gasteiger partial charge in [-0.1, -0.05) is 22.0 Å². The van der Waals surface area contributed by atoms with Gasteiger partial charge in [-0.05, 0) is 24.6 Å². The molecule has 0 radical (unpaired) electrons. The first-order chi connectivity index (χ1) is 10.7. The van der Waals surface area contributed by atoms with E-state index in [1.165, 1.54) is 16.4 Å². The maximum atomic E-state index is 12.9. The molecule has 23 heavy (non-hydrogen) atoms. The summed E-state index contributed by atoms with van der Waals surface area (Å²) in [5, 5.41) is 0. The predicted octanol–water partition coefficient (Wildman–Crippen LogP) is 1.94. The molecular formula is C14H15BrF2N2O3S. The molecule has 1 aromatic rings. The standard InChI is InChI=1S/C14H15BrF2N2O3S/c15-11-2-1-3-12(6-11)23(21,22)19-5-4-10(7-19)13(20)18-8-14(16,17)9-18/h1-3,6,10H,4-5,7-9H2. The summed E-state index contributed by atoms with van der Waals surface area (Å²) >= 11 is 3.23. The number of sulfonamides is 1. The van der Waals surface area contributed by atoms with Crippen LogP contribution in [0.1, 0.15) is 6.42 Å². The van der Waals surface area contributed by atoms with Gasteiger partial charge in [0.1, 0.15) is 0 Å². The second-order valence-electron chi connectivity index (χ2n) is 5.86. The largest absolute Gasteiger partial charge is 0.330 e. The van der Waals surface area contributed by atoms with Gasteiger partial charge in [0.25, 0.3) is 5.92 Å². The Morgan fingerprint density at radius 2 is 2.00 bits per heavy atom. The van der Waals surface area contributed by atoms with E-state index in [2.05, 4.69) is 15.9 Å².